The summed E-state index contributed by atoms with van der Waals surface area (Å²) in [6.45, 7) is 13.0. The minimum absolute atomic E-state index is 0.0404. The molecule has 17 heavy (non-hydrogen) atoms. The number of rotatable bonds is 5. The molecule has 0 saturated carbocycles. The van der Waals surface area contributed by atoms with E-state index in [1.807, 2.05) is 0 Å². The third-order valence-electron chi connectivity index (χ3n) is 2.02. The molecule has 0 atom stereocenters. The molecule has 0 aromatic heterocycles. The quantitative estimate of drug-likeness (QED) is 0.693. The first-order valence-electron chi connectivity index (χ1n) is 6.02. The van der Waals surface area contributed by atoms with Crippen LogP contribution in [0.25, 0.3) is 0 Å². The van der Waals surface area contributed by atoms with Gasteiger partial charge in [0.15, 0.2) is 0 Å². The van der Waals surface area contributed by atoms with Gasteiger partial charge in [-0.05, 0) is 29.1 Å². The molecule has 0 radical (unpaired) electrons. The van der Waals surface area contributed by atoms with E-state index in [9.17, 15) is 0 Å². The topological polar surface area (TPSA) is 26.0 Å². The predicted molar refractivity (Wildman–Crippen MR) is 85.4 cm³/mol. The largest absolute Gasteiger partial charge is 0.402 e. The molecule has 0 spiro atoms. The van der Waals surface area contributed by atoms with Crippen molar-refractivity contribution >= 4 is 24.4 Å². The lowest BCUT2D eigenvalue weighted by Gasteiger charge is -2.20. The maximum absolute atomic E-state index is 5.99. The number of nitrogens with two attached hydrogens (primary N) is 1. The molecule has 100 valence electrons. The summed E-state index contributed by atoms with van der Waals surface area (Å²) in [4.78, 5) is 1.37. The molecule has 0 saturated heterocycles. The zero-order valence-electron chi connectivity index (χ0n) is 12.0. The number of hydrogen-bond donors (Lipinski definition) is 2. The number of thiol groups is 1. The van der Waals surface area contributed by atoms with E-state index in [2.05, 4.69) is 65.7 Å². The highest BCUT2D eigenvalue weighted by atomic mass is 32.2. The molecule has 0 amide bonds. The number of hydrogen-bond acceptors (Lipinski definition) is 3. The molecule has 3 heteroatoms. The summed E-state index contributed by atoms with van der Waals surface area (Å²) in [7, 11) is 0. The second-order valence-corrected chi connectivity index (χ2v) is 8.50. The van der Waals surface area contributed by atoms with Crippen molar-refractivity contribution in [3.05, 3.63) is 22.1 Å². The highest BCUT2D eigenvalue weighted by Crippen LogP contribution is 2.32. The minimum atomic E-state index is -0.0404. The van der Waals surface area contributed by atoms with Crippen molar-refractivity contribution in [3.63, 3.8) is 0 Å². The van der Waals surface area contributed by atoms with Crippen molar-refractivity contribution in [1.82, 2.24) is 0 Å². The van der Waals surface area contributed by atoms with Gasteiger partial charge in [0.05, 0.1) is 0 Å². The van der Waals surface area contributed by atoms with Gasteiger partial charge in [-0.25, -0.2) is 0 Å². The lowest BCUT2D eigenvalue weighted by Crippen LogP contribution is -2.14. The van der Waals surface area contributed by atoms with Gasteiger partial charge in [0, 0.05) is 16.9 Å². The molecule has 2 N–H and O–H groups in total. The summed E-state index contributed by atoms with van der Waals surface area (Å²) in [5.74, 6) is 0. The second kappa shape index (κ2) is 6.79. The third-order valence-corrected chi connectivity index (χ3v) is 3.29. The Labute approximate surface area is 117 Å². The standard InChI is InChI=1S/C14H27NS2/c1-7-12(9-13(2,3)4)17-10-11(15)8-14(5,6)16/h7,10,16H,8-9,15H2,1-6H3/b11-10-,12-7-. The molecule has 0 heterocycles. The van der Waals surface area contributed by atoms with Gasteiger partial charge in [-0.15, -0.1) is 11.8 Å². The molecule has 1 nitrogen and oxygen atoms in total. The Morgan fingerprint density at radius 1 is 1.18 bits per heavy atom. The summed E-state index contributed by atoms with van der Waals surface area (Å²) >= 11 is 6.22. The van der Waals surface area contributed by atoms with E-state index in [0.29, 0.717) is 5.41 Å². The van der Waals surface area contributed by atoms with E-state index in [1.165, 1.54) is 4.91 Å². The molecule has 0 aliphatic rings. The Morgan fingerprint density at radius 3 is 2.06 bits per heavy atom. The Bertz CT molecular complexity index is 290. The number of thioether (sulfide) groups is 1. The minimum Gasteiger partial charge on any atom is -0.402 e. The van der Waals surface area contributed by atoms with Crippen LogP contribution in [-0.2, 0) is 0 Å². The lowest BCUT2D eigenvalue weighted by molar-refractivity contribution is 0.417. The Hall–Kier alpha value is -0.0200. The Kier molecular flexibility index (Phi) is 6.78. The monoisotopic (exact) mass is 273 g/mol. The SMILES string of the molecule is C/C=C(/CC(C)(C)C)S/C=C(\N)CC(C)(C)S. The van der Waals surface area contributed by atoms with E-state index in [4.69, 9.17) is 5.73 Å². The molecule has 0 unspecified atom stereocenters. The molecule has 0 bridgehead atoms. The molecule has 0 aliphatic carbocycles. The van der Waals surface area contributed by atoms with Crippen molar-refractivity contribution in [2.24, 2.45) is 11.1 Å². The summed E-state index contributed by atoms with van der Waals surface area (Å²) in [5.41, 5.74) is 7.22. The van der Waals surface area contributed by atoms with E-state index in [1.54, 1.807) is 11.8 Å². The first-order valence-corrected chi connectivity index (χ1v) is 7.35. The molecule has 0 fully saturated rings. The average Bonchev–Trinajstić information content (AvgIpc) is 2.07. The fourth-order valence-electron chi connectivity index (χ4n) is 1.43. The van der Waals surface area contributed by atoms with Crippen LogP contribution in [0.2, 0.25) is 0 Å². The molecule has 0 rings (SSSR count). The normalized spacial score (nSPS) is 15.2. The van der Waals surface area contributed by atoms with Crippen molar-refractivity contribution in [3.8, 4) is 0 Å². The highest BCUT2D eigenvalue weighted by molar-refractivity contribution is 8.05. The first kappa shape index (κ1) is 17.0. The fourth-order valence-corrected chi connectivity index (χ4v) is 2.65. The van der Waals surface area contributed by atoms with E-state index >= 15 is 0 Å². The Balaban J connectivity index is 4.38. The lowest BCUT2D eigenvalue weighted by atomic mass is 9.92. The molecular formula is C14H27NS2. The van der Waals surface area contributed by atoms with Gasteiger partial charge >= 0.3 is 0 Å². The van der Waals surface area contributed by atoms with E-state index in [-0.39, 0.29) is 4.75 Å². The second-order valence-electron chi connectivity index (χ2n) is 6.29. The maximum atomic E-state index is 5.99. The Morgan fingerprint density at radius 2 is 1.71 bits per heavy atom. The van der Waals surface area contributed by atoms with Crippen molar-refractivity contribution in [2.75, 3.05) is 0 Å². The van der Waals surface area contributed by atoms with Crippen LogP contribution in [0.4, 0.5) is 0 Å². The smallest absolute Gasteiger partial charge is 0.0162 e. The maximum Gasteiger partial charge on any atom is 0.0162 e. The van der Waals surface area contributed by atoms with Gasteiger partial charge in [0.2, 0.25) is 0 Å². The van der Waals surface area contributed by atoms with Gasteiger partial charge in [-0.3, -0.25) is 0 Å². The van der Waals surface area contributed by atoms with E-state index in [0.717, 1.165) is 18.5 Å². The summed E-state index contributed by atoms with van der Waals surface area (Å²) in [6, 6.07) is 0. The van der Waals surface area contributed by atoms with Crippen molar-refractivity contribution in [1.29, 1.82) is 0 Å². The average molecular weight is 274 g/mol. The number of allylic oxidation sites excluding steroid dienone is 3. The van der Waals surface area contributed by atoms with Crippen LogP contribution in [0.3, 0.4) is 0 Å². The third kappa shape index (κ3) is 10.8. The predicted octanol–water partition coefficient (Wildman–Crippen LogP) is 4.96. The van der Waals surface area contributed by atoms with Crippen molar-refractivity contribution in [2.45, 2.75) is 59.1 Å². The summed E-state index contributed by atoms with van der Waals surface area (Å²) in [6.07, 6.45) is 4.07. The van der Waals surface area contributed by atoms with Crippen LogP contribution in [0, 0.1) is 5.41 Å². The van der Waals surface area contributed by atoms with Gasteiger partial charge in [0.25, 0.3) is 0 Å². The fraction of sp³-hybridized carbons (Fsp3) is 0.714. The molecule has 0 aromatic rings. The van der Waals surface area contributed by atoms with Gasteiger partial charge < -0.3 is 5.73 Å². The van der Waals surface area contributed by atoms with Crippen LogP contribution in [-0.4, -0.2) is 4.75 Å². The van der Waals surface area contributed by atoms with Crippen LogP contribution in [0.5, 0.6) is 0 Å². The first-order chi connectivity index (χ1) is 7.53. The zero-order valence-corrected chi connectivity index (χ0v) is 13.7. The summed E-state index contributed by atoms with van der Waals surface area (Å²) in [5, 5.41) is 2.05. The van der Waals surface area contributed by atoms with Crippen LogP contribution >= 0.6 is 24.4 Å². The van der Waals surface area contributed by atoms with E-state index < -0.39 is 0 Å². The molecule has 0 aliphatic heterocycles. The van der Waals surface area contributed by atoms with Crippen LogP contribution < -0.4 is 5.73 Å². The van der Waals surface area contributed by atoms with Gasteiger partial charge in [-0.1, -0.05) is 40.7 Å². The van der Waals surface area contributed by atoms with Crippen molar-refractivity contribution < 1.29 is 0 Å². The summed E-state index contributed by atoms with van der Waals surface area (Å²) < 4.78 is -0.0404. The van der Waals surface area contributed by atoms with Gasteiger partial charge in [0.1, 0.15) is 0 Å². The molecular weight excluding hydrogens is 246 g/mol. The van der Waals surface area contributed by atoms with Crippen LogP contribution in [0.1, 0.15) is 54.4 Å². The highest BCUT2D eigenvalue weighted by Gasteiger charge is 2.14. The van der Waals surface area contributed by atoms with Crippen LogP contribution in [0.15, 0.2) is 22.1 Å². The van der Waals surface area contributed by atoms with Gasteiger partial charge in [-0.2, -0.15) is 12.6 Å². The molecule has 0 aromatic carbocycles. The zero-order chi connectivity index (χ0) is 13.7.